The molecule has 3 nitrogen and oxygen atoms in total. The summed E-state index contributed by atoms with van der Waals surface area (Å²) in [5, 5.41) is 9.22. The van der Waals surface area contributed by atoms with Crippen LogP contribution in [0.5, 0.6) is 0 Å². The van der Waals surface area contributed by atoms with E-state index in [9.17, 15) is 4.21 Å². The first-order chi connectivity index (χ1) is 8.22. The Kier molecular flexibility index (Phi) is 6.76. The molecule has 4 unspecified atom stereocenters. The Morgan fingerprint density at radius 2 is 2.24 bits per heavy atom. The highest BCUT2D eigenvalue weighted by molar-refractivity contribution is 7.85. The Bertz CT molecular complexity index is 288. The van der Waals surface area contributed by atoms with Crippen LogP contribution in [-0.4, -0.2) is 28.9 Å². The van der Waals surface area contributed by atoms with Crippen molar-refractivity contribution in [2.45, 2.75) is 44.3 Å². The first-order valence-corrected chi connectivity index (χ1v) is 7.86. The van der Waals surface area contributed by atoms with E-state index in [1.807, 2.05) is 0 Å². The fraction of sp³-hybridized carbons (Fsp3) is 0.923. The minimum absolute atomic E-state index is 0.00109. The van der Waals surface area contributed by atoms with Gasteiger partial charge < -0.3 is 4.74 Å². The number of rotatable bonds is 6. The van der Waals surface area contributed by atoms with Gasteiger partial charge in [0.25, 0.3) is 0 Å². The summed E-state index contributed by atoms with van der Waals surface area (Å²) in [6.45, 7) is 2.84. The molecule has 1 fully saturated rings. The molecule has 1 saturated carbocycles. The molecule has 98 valence electrons. The van der Waals surface area contributed by atoms with Crippen molar-refractivity contribution >= 4 is 10.8 Å². The van der Waals surface area contributed by atoms with Crippen LogP contribution in [0.15, 0.2) is 0 Å². The summed E-state index contributed by atoms with van der Waals surface area (Å²) in [5.74, 6) is 1.34. The molecule has 0 aromatic rings. The van der Waals surface area contributed by atoms with Crippen molar-refractivity contribution in [1.29, 1.82) is 5.26 Å². The lowest BCUT2D eigenvalue weighted by Gasteiger charge is -2.31. The molecule has 0 saturated heterocycles. The molecule has 4 atom stereocenters. The maximum absolute atomic E-state index is 12.2. The molecule has 0 heterocycles. The van der Waals surface area contributed by atoms with Gasteiger partial charge in [-0.3, -0.25) is 4.21 Å². The zero-order valence-corrected chi connectivity index (χ0v) is 11.7. The lowest BCUT2D eigenvalue weighted by atomic mass is 9.81. The summed E-state index contributed by atoms with van der Waals surface area (Å²) >= 11 is 0. The van der Waals surface area contributed by atoms with Gasteiger partial charge in [-0.2, -0.15) is 5.26 Å². The van der Waals surface area contributed by atoms with E-state index in [1.54, 1.807) is 7.11 Å². The minimum Gasteiger partial charge on any atom is -0.385 e. The fourth-order valence-electron chi connectivity index (χ4n) is 2.52. The van der Waals surface area contributed by atoms with E-state index in [1.165, 1.54) is 0 Å². The fourth-order valence-corrected chi connectivity index (χ4v) is 4.27. The highest BCUT2D eigenvalue weighted by Gasteiger charge is 2.33. The third-order valence-electron chi connectivity index (χ3n) is 3.68. The van der Waals surface area contributed by atoms with Crippen molar-refractivity contribution in [1.82, 2.24) is 0 Å². The van der Waals surface area contributed by atoms with Crippen molar-refractivity contribution in [2.75, 3.05) is 19.5 Å². The van der Waals surface area contributed by atoms with E-state index in [2.05, 4.69) is 13.0 Å². The number of methoxy groups -OCH3 is 1. The molecule has 4 heteroatoms. The van der Waals surface area contributed by atoms with Gasteiger partial charge in [-0.1, -0.05) is 13.3 Å². The zero-order chi connectivity index (χ0) is 12.7. The van der Waals surface area contributed by atoms with Crippen molar-refractivity contribution in [3.05, 3.63) is 0 Å². The minimum atomic E-state index is -0.863. The lowest BCUT2D eigenvalue weighted by molar-refractivity contribution is 0.199. The maximum Gasteiger partial charge on any atom is 0.0668 e. The number of ether oxygens (including phenoxy) is 1. The molecule has 0 bridgehead atoms. The molecule has 0 radical (unpaired) electrons. The zero-order valence-electron chi connectivity index (χ0n) is 10.9. The molecule has 0 aromatic carbocycles. The average Bonchev–Trinajstić information content (AvgIpc) is 2.38. The van der Waals surface area contributed by atoms with Gasteiger partial charge in [0, 0.05) is 30.3 Å². The molecule has 0 aliphatic heterocycles. The number of hydrogen-bond donors (Lipinski definition) is 0. The third kappa shape index (κ3) is 4.40. The van der Waals surface area contributed by atoms with E-state index in [0.29, 0.717) is 18.3 Å². The number of nitrogens with zero attached hydrogens (tertiary/aromatic N) is 1. The van der Waals surface area contributed by atoms with Crippen LogP contribution >= 0.6 is 0 Å². The first kappa shape index (κ1) is 14.7. The summed E-state index contributed by atoms with van der Waals surface area (Å²) < 4.78 is 17.2. The van der Waals surface area contributed by atoms with Gasteiger partial charge in [-0.05, 0) is 31.6 Å². The van der Waals surface area contributed by atoms with Gasteiger partial charge in [-0.15, -0.1) is 0 Å². The average molecular weight is 257 g/mol. The van der Waals surface area contributed by atoms with Crippen LogP contribution in [0, 0.1) is 23.2 Å². The van der Waals surface area contributed by atoms with Crippen LogP contribution < -0.4 is 0 Å². The Balaban J connectivity index is 2.51. The van der Waals surface area contributed by atoms with Gasteiger partial charge >= 0.3 is 0 Å². The molecular formula is C13H23NO2S. The van der Waals surface area contributed by atoms with Crippen molar-refractivity contribution in [3.63, 3.8) is 0 Å². The summed E-state index contributed by atoms with van der Waals surface area (Å²) in [6.07, 6.45) is 4.99. The van der Waals surface area contributed by atoms with Crippen LogP contribution in [0.1, 0.15) is 39.0 Å². The van der Waals surface area contributed by atoms with Crippen LogP contribution in [-0.2, 0) is 15.5 Å². The second kappa shape index (κ2) is 7.84. The van der Waals surface area contributed by atoms with Crippen LogP contribution in [0.4, 0.5) is 0 Å². The number of hydrogen-bond acceptors (Lipinski definition) is 3. The Labute approximate surface area is 107 Å². The predicted molar refractivity (Wildman–Crippen MR) is 70.0 cm³/mol. The van der Waals surface area contributed by atoms with E-state index in [4.69, 9.17) is 10.00 Å². The third-order valence-corrected chi connectivity index (χ3v) is 5.56. The highest BCUT2D eigenvalue weighted by Crippen LogP contribution is 2.33. The van der Waals surface area contributed by atoms with Crippen LogP contribution in [0.25, 0.3) is 0 Å². The summed E-state index contributed by atoms with van der Waals surface area (Å²) in [5.41, 5.74) is 0. The monoisotopic (exact) mass is 257 g/mol. The molecule has 0 spiro atoms. The first-order valence-electron chi connectivity index (χ1n) is 6.48. The van der Waals surface area contributed by atoms with Crippen LogP contribution in [0.3, 0.4) is 0 Å². The summed E-state index contributed by atoms with van der Waals surface area (Å²) in [6, 6.07) is 2.35. The topological polar surface area (TPSA) is 50.1 Å². The predicted octanol–water partition coefficient (Wildman–Crippen LogP) is 2.49. The van der Waals surface area contributed by atoms with Gasteiger partial charge in [0.05, 0.1) is 17.2 Å². The van der Waals surface area contributed by atoms with E-state index in [0.717, 1.165) is 32.1 Å². The molecule has 1 aliphatic carbocycles. The molecule has 0 aromatic heterocycles. The van der Waals surface area contributed by atoms with Crippen molar-refractivity contribution in [2.24, 2.45) is 11.8 Å². The summed E-state index contributed by atoms with van der Waals surface area (Å²) in [7, 11) is 0.799. The van der Waals surface area contributed by atoms with Crippen molar-refractivity contribution < 1.29 is 8.95 Å². The van der Waals surface area contributed by atoms with Crippen LogP contribution in [0.2, 0.25) is 0 Å². The highest BCUT2D eigenvalue weighted by atomic mass is 32.2. The second-order valence-corrected chi connectivity index (χ2v) is 6.57. The Morgan fingerprint density at radius 1 is 1.47 bits per heavy atom. The Morgan fingerprint density at radius 3 is 2.82 bits per heavy atom. The quantitative estimate of drug-likeness (QED) is 0.687. The van der Waals surface area contributed by atoms with E-state index >= 15 is 0 Å². The SMILES string of the molecule is CCC1CCC(C#N)C(S(=O)CCCOC)C1. The van der Waals surface area contributed by atoms with E-state index < -0.39 is 10.8 Å². The lowest BCUT2D eigenvalue weighted by Crippen LogP contribution is -2.33. The normalized spacial score (nSPS) is 30.8. The second-order valence-electron chi connectivity index (χ2n) is 4.79. The summed E-state index contributed by atoms with van der Waals surface area (Å²) in [4.78, 5) is 0. The maximum atomic E-state index is 12.2. The van der Waals surface area contributed by atoms with Gasteiger partial charge in [0.1, 0.15) is 0 Å². The molecule has 0 amide bonds. The molecule has 1 aliphatic rings. The number of nitriles is 1. The van der Waals surface area contributed by atoms with Crippen molar-refractivity contribution in [3.8, 4) is 6.07 Å². The molecular weight excluding hydrogens is 234 g/mol. The largest absolute Gasteiger partial charge is 0.385 e. The molecule has 0 N–H and O–H groups in total. The Hall–Kier alpha value is -0.400. The smallest absolute Gasteiger partial charge is 0.0668 e. The van der Waals surface area contributed by atoms with E-state index in [-0.39, 0.29) is 11.2 Å². The standard InChI is InChI=1S/C13H23NO2S/c1-3-11-5-6-12(10-14)13(9-11)17(15)8-4-7-16-2/h11-13H,3-9H2,1-2H3. The molecule has 17 heavy (non-hydrogen) atoms. The van der Waals surface area contributed by atoms with Gasteiger partial charge in [0.15, 0.2) is 0 Å². The van der Waals surface area contributed by atoms with Gasteiger partial charge in [-0.25, -0.2) is 0 Å². The van der Waals surface area contributed by atoms with Gasteiger partial charge in [0.2, 0.25) is 0 Å². The molecule has 1 rings (SSSR count).